The minimum Gasteiger partial charge on any atom is -0.492 e. The van der Waals surface area contributed by atoms with Crippen LogP contribution in [0.2, 0.25) is 0 Å². The molecule has 0 aromatic carbocycles. The molecule has 0 unspecified atom stereocenters. The molecule has 0 aliphatic carbocycles. The van der Waals surface area contributed by atoms with Crippen LogP contribution >= 0.6 is 11.3 Å². The Labute approximate surface area is 179 Å². The molecule has 4 rings (SSSR count). The Bertz CT molecular complexity index is 1040. The lowest BCUT2D eigenvalue weighted by Gasteiger charge is -2.33. The van der Waals surface area contributed by atoms with Crippen molar-refractivity contribution >= 4 is 27.6 Å². The van der Waals surface area contributed by atoms with Gasteiger partial charge in [0.2, 0.25) is 5.88 Å². The first-order valence-electron chi connectivity index (χ1n) is 10.2. The maximum absolute atomic E-state index is 12.3. The number of likely N-dealkylation sites (tertiary alicyclic amines) is 1. The van der Waals surface area contributed by atoms with Gasteiger partial charge in [0.15, 0.2) is 5.82 Å². The Hall–Kier alpha value is -2.74. The number of ether oxygens (including phenoxy) is 1. The average Bonchev–Trinajstić information content (AvgIpc) is 3.11. The summed E-state index contributed by atoms with van der Waals surface area (Å²) < 4.78 is 6.19. The van der Waals surface area contributed by atoms with Crippen LogP contribution in [-0.4, -0.2) is 49.7 Å². The van der Waals surface area contributed by atoms with Crippen molar-refractivity contribution in [3.05, 3.63) is 35.3 Å². The van der Waals surface area contributed by atoms with E-state index in [1.165, 1.54) is 11.3 Å². The van der Waals surface area contributed by atoms with E-state index in [1.54, 1.807) is 11.1 Å². The number of aromatic hydroxyl groups is 1. The van der Waals surface area contributed by atoms with E-state index in [-0.39, 0.29) is 12.0 Å². The van der Waals surface area contributed by atoms with Gasteiger partial charge in [0, 0.05) is 19.3 Å². The van der Waals surface area contributed by atoms with Crippen LogP contribution in [0.5, 0.6) is 5.88 Å². The molecule has 8 heteroatoms. The van der Waals surface area contributed by atoms with Crippen molar-refractivity contribution in [3.63, 3.8) is 0 Å². The summed E-state index contributed by atoms with van der Waals surface area (Å²) in [7, 11) is 0. The second-order valence-electron chi connectivity index (χ2n) is 8.64. The number of carbonyl (C=O) groups is 1. The summed E-state index contributed by atoms with van der Waals surface area (Å²) in [4.78, 5) is 27.3. The Morgan fingerprint density at radius 2 is 2.03 bits per heavy atom. The van der Waals surface area contributed by atoms with E-state index in [9.17, 15) is 9.90 Å². The van der Waals surface area contributed by atoms with E-state index in [1.807, 2.05) is 39.0 Å². The summed E-state index contributed by atoms with van der Waals surface area (Å²) in [5.74, 6) is 0.883. The van der Waals surface area contributed by atoms with Gasteiger partial charge in [-0.3, -0.25) is 4.98 Å². The molecule has 1 amide bonds. The zero-order chi connectivity index (χ0) is 21.3. The standard InChI is InChI=1S/C22H26N4O3S/c1-22(2,3)29-21(28)26-10-7-14(8-11-26)12-15-13-30-18-17(15)24-19(25-20(18)27)16-6-4-5-9-23-16/h4-6,9,13-14H,7-8,10-12H2,1-3H3,(H,24,25,27). The second-order valence-corrected chi connectivity index (χ2v) is 9.52. The summed E-state index contributed by atoms with van der Waals surface area (Å²) in [6, 6.07) is 5.54. The highest BCUT2D eigenvalue weighted by molar-refractivity contribution is 7.17. The summed E-state index contributed by atoms with van der Waals surface area (Å²) >= 11 is 1.46. The van der Waals surface area contributed by atoms with Crippen LogP contribution in [0.3, 0.4) is 0 Å². The number of amides is 1. The molecule has 0 radical (unpaired) electrons. The van der Waals surface area contributed by atoms with Gasteiger partial charge < -0.3 is 14.7 Å². The molecular formula is C22H26N4O3S. The number of rotatable bonds is 3. The average molecular weight is 427 g/mol. The van der Waals surface area contributed by atoms with Crippen molar-refractivity contribution in [2.24, 2.45) is 5.92 Å². The van der Waals surface area contributed by atoms with Gasteiger partial charge in [-0.25, -0.2) is 9.78 Å². The van der Waals surface area contributed by atoms with E-state index in [2.05, 4.69) is 15.3 Å². The van der Waals surface area contributed by atoms with Gasteiger partial charge in [0.25, 0.3) is 0 Å². The number of hydrogen-bond donors (Lipinski definition) is 1. The predicted molar refractivity (Wildman–Crippen MR) is 117 cm³/mol. The van der Waals surface area contributed by atoms with Crippen LogP contribution in [0.15, 0.2) is 29.8 Å². The minimum atomic E-state index is -0.476. The molecule has 7 nitrogen and oxygen atoms in total. The Kier molecular flexibility index (Phi) is 5.60. The first-order valence-corrected chi connectivity index (χ1v) is 11.0. The molecule has 1 N–H and O–H groups in total. The van der Waals surface area contributed by atoms with E-state index in [4.69, 9.17) is 9.72 Å². The number of piperidine rings is 1. The lowest BCUT2D eigenvalue weighted by Crippen LogP contribution is -2.42. The highest BCUT2D eigenvalue weighted by atomic mass is 32.1. The molecule has 1 aliphatic rings. The summed E-state index contributed by atoms with van der Waals surface area (Å²) in [6.45, 7) is 7.05. The highest BCUT2D eigenvalue weighted by Gasteiger charge is 2.27. The molecule has 3 aromatic rings. The van der Waals surface area contributed by atoms with Crippen molar-refractivity contribution in [1.82, 2.24) is 19.9 Å². The van der Waals surface area contributed by atoms with E-state index >= 15 is 0 Å². The maximum atomic E-state index is 12.3. The molecule has 158 valence electrons. The van der Waals surface area contributed by atoms with Crippen LogP contribution in [-0.2, 0) is 11.2 Å². The first-order chi connectivity index (χ1) is 14.3. The van der Waals surface area contributed by atoms with Crippen LogP contribution in [0.4, 0.5) is 4.79 Å². The maximum Gasteiger partial charge on any atom is 0.410 e. The van der Waals surface area contributed by atoms with Gasteiger partial charge in [0.1, 0.15) is 16.0 Å². The normalized spacial score (nSPS) is 15.5. The largest absolute Gasteiger partial charge is 0.492 e. The van der Waals surface area contributed by atoms with Gasteiger partial charge in [-0.15, -0.1) is 11.3 Å². The van der Waals surface area contributed by atoms with Gasteiger partial charge >= 0.3 is 6.09 Å². The fourth-order valence-corrected chi connectivity index (χ4v) is 4.57. The van der Waals surface area contributed by atoms with Gasteiger partial charge in [0.05, 0.1) is 5.52 Å². The van der Waals surface area contributed by atoms with Crippen LogP contribution in [0, 0.1) is 5.92 Å². The van der Waals surface area contributed by atoms with Crippen molar-refractivity contribution in [1.29, 1.82) is 0 Å². The molecule has 3 aromatic heterocycles. The fraction of sp³-hybridized carbons (Fsp3) is 0.455. The minimum absolute atomic E-state index is 0.00310. The first kappa shape index (κ1) is 20.5. The molecule has 0 bridgehead atoms. The van der Waals surface area contributed by atoms with Crippen molar-refractivity contribution < 1.29 is 14.6 Å². The summed E-state index contributed by atoms with van der Waals surface area (Å²) in [6.07, 6.45) is 4.15. The second kappa shape index (κ2) is 8.18. The number of pyridine rings is 1. The van der Waals surface area contributed by atoms with Crippen molar-refractivity contribution in [2.45, 2.75) is 45.6 Å². The quantitative estimate of drug-likeness (QED) is 0.656. The molecular weight excluding hydrogens is 400 g/mol. The molecule has 0 atom stereocenters. The molecule has 0 saturated carbocycles. The molecule has 1 aliphatic heterocycles. The number of fused-ring (bicyclic) bond motifs is 1. The van der Waals surface area contributed by atoms with Gasteiger partial charge in [-0.05, 0) is 69.0 Å². The fourth-order valence-electron chi connectivity index (χ4n) is 3.66. The molecule has 1 saturated heterocycles. The number of aromatic nitrogens is 3. The summed E-state index contributed by atoms with van der Waals surface area (Å²) in [5, 5.41) is 12.5. The molecule has 30 heavy (non-hydrogen) atoms. The third kappa shape index (κ3) is 4.53. The monoisotopic (exact) mass is 426 g/mol. The Morgan fingerprint density at radius 3 is 2.70 bits per heavy atom. The van der Waals surface area contributed by atoms with Crippen LogP contribution in [0.25, 0.3) is 21.7 Å². The van der Waals surface area contributed by atoms with Crippen LogP contribution in [0.1, 0.15) is 39.2 Å². The predicted octanol–water partition coefficient (Wildman–Crippen LogP) is 4.65. The third-order valence-electron chi connectivity index (χ3n) is 5.14. The van der Waals surface area contributed by atoms with Crippen molar-refractivity contribution in [2.75, 3.05) is 13.1 Å². The van der Waals surface area contributed by atoms with Gasteiger partial charge in [-0.1, -0.05) is 6.07 Å². The van der Waals surface area contributed by atoms with Crippen molar-refractivity contribution in [3.8, 4) is 17.4 Å². The number of hydrogen-bond acceptors (Lipinski definition) is 7. The number of carbonyl (C=O) groups excluding carboxylic acids is 1. The lowest BCUT2D eigenvalue weighted by molar-refractivity contribution is 0.0184. The zero-order valence-corrected chi connectivity index (χ0v) is 18.3. The smallest absolute Gasteiger partial charge is 0.410 e. The SMILES string of the molecule is CC(C)(C)OC(=O)N1CCC(Cc2csc3c(O)nc(-c4ccccn4)nc23)CC1. The summed E-state index contributed by atoms with van der Waals surface area (Å²) in [5.41, 5.74) is 2.07. The lowest BCUT2D eigenvalue weighted by atomic mass is 9.91. The van der Waals surface area contributed by atoms with E-state index in [0.29, 0.717) is 35.2 Å². The highest BCUT2D eigenvalue weighted by Crippen LogP contribution is 2.35. The Morgan fingerprint density at radius 1 is 1.27 bits per heavy atom. The topological polar surface area (TPSA) is 88.4 Å². The Balaban J connectivity index is 1.47. The zero-order valence-electron chi connectivity index (χ0n) is 17.5. The third-order valence-corrected chi connectivity index (χ3v) is 6.15. The van der Waals surface area contributed by atoms with E-state index in [0.717, 1.165) is 30.3 Å². The van der Waals surface area contributed by atoms with E-state index < -0.39 is 5.60 Å². The van der Waals surface area contributed by atoms with Gasteiger partial charge in [-0.2, -0.15) is 4.98 Å². The molecule has 1 fully saturated rings. The van der Waals surface area contributed by atoms with Crippen LogP contribution < -0.4 is 0 Å². The molecule has 4 heterocycles. The number of thiophene rings is 1. The molecule has 0 spiro atoms. The number of nitrogens with zero attached hydrogens (tertiary/aromatic N) is 4.